The van der Waals surface area contributed by atoms with E-state index in [1.807, 2.05) is 25.7 Å². The number of hydrogen-bond donors (Lipinski definition) is 1. The fourth-order valence-electron chi connectivity index (χ4n) is 2.91. The molecule has 2 heterocycles. The molecule has 0 bridgehead atoms. The summed E-state index contributed by atoms with van der Waals surface area (Å²) < 4.78 is 5.45. The summed E-state index contributed by atoms with van der Waals surface area (Å²) in [4.78, 5) is 16.4. The Labute approximate surface area is 116 Å². The molecule has 2 atom stereocenters. The molecule has 2 aliphatic heterocycles. The maximum absolute atomic E-state index is 12.1. The molecule has 2 aliphatic rings. The van der Waals surface area contributed by atoms with E-state index >= 15 is 0 Å². The van der Waals surface area contributed by atoms with Gasteiger partial charge in [0.1, 0.15) is 5.60 Å². The summed E-state index contributed by atoms with van der Waals surface area (Å²) >= 11 is 0. The Kier molecular flexibility index (Phi) is 4.36. The Morgan fingerprint density at radius 3 is 2.58 bits per heavy atom. The summed E-state index contributed by atoms with van der Waals surface area (Å²) in [7, 11) is 0. The number of carbonyl (C=O) groups is 1. The van der Waals surface area contributed by atoms with E-state index in [4.69, 9.17) is 10.5 Å². The second-order valence-corrected chi connectivity index (χ2v) is 6.74. The van der Waals surface area contributed by atoms with Gasteiger partial charge in [0.05, 0.1) is 0 Å². The number of rotatable bonds is 0. The SMILES string of the molecule is CC(C)(C)OC(=O)N1CCC2CCC(N)CN2CC1. The summed E-state index contributed by atoms with van der Waals surface area (Å²) in [5.74, 6) is 0. The van der Waals surface area contributed by atoms with E-state index in [0.717, 1.165) is 45.4 Å². The van der Waals surface area contributed by atoms with Gasteiger partial charge < -0.3 is 15.4 Å². The van der Waals surface area contributed by atoms with Crippen LogP contribution in [-0.2, 0) is 4.74 Å². The average Bonchev–Trinajstić information content (AvgIpc) is 2.48. The van der Waals surface area contributed by atoms with Crippen molar-refractivity contribution < 1.29 is 9.53 Å². The van der Waals surface area contributed by atoms with E-state index in [2.05, 4.69) is 4.90 Å². The molecule has 2 N–H and O–H groups in total. The minimum Gasteiger partial charge on any atom is -0.444 e. The lowest BCUT2D eigenvalue weighted by Crippen LogP contribution is -2.49. The van der Waals surface area contributed by atoms with Crippen molar-refractivity contribution in [3.63, 3.8) is 0 Å². The molecule has 0 aliphatic carbocycles. The van der Waals surface area contributed by atoms with Crippen molar-refractivity contribution in [2.75, 3.05) is 26.2 Å². The topological polar surface area (TPSA) is 58.8 Å². The van der Waals surface area contributed by atoms with E-state index in [1.54, 1.807) is 0 Å². The maximum atomic E-state index is 12.1. The van der Waals surface area contributed by atoms with Gasteiger partial charge in [-0.25, -0.2) is 4.79 Å². The molecule has 2 unspecified atom stereocenters. The number of piperidine rings is 1. The highest BCUT2D eigenvalue weighted by atomic mass is 16.6. The van der Waals surface area contributed by atoms with Crippen LogP contribution in [0.4, 0.5) is 4.79 Å². The number of hydrogen-bond acceptors (Lipinski definition) is 4. The highest BCUT2D eigenvalue weighted by molar-refractivity contribution is 5.68. The van der Waals surface area contributed by atoms with Crippen LogP contribution in [0.5, 0.6) is 0 Å². The van der Waals surface area contributed by atoms with Crippen LogP contribution in [0.3, 0.4) is 0 Å². The van der Waals surface area contributed by atoms with Gasteiger partial charge in [0, 0.05) is 38.3 Å². The van der Waals surface area contributed by atoms with Crippen LogP contribution in [0.1, 0.15) is 40.0 Å². The van der Waals surface area contributed by atoms with Crippen molar-refractivity contribution in [1.82, 2.24) is 9.80 Å². The van der Waals surface area contributed by atoms with Crippen LogP contribution in [0.25, 0.3) is 0 Å². The van der Waals surface area contributed by atoms with Crippen molar-refractivity contribution >= 4 is 6.09 Å². The van der Waals surface area contributed by atoms with Gasteiger partial charge in [-0.1, -0.05) is 0 Å². The van der Waals surface area contributed by atoms with Gasteiger partial charge in [-0.05, 0) is 40.0 Å². The Balaban J connectivity index is 1.91. The van der Waals surface area contributed by atoms with Crippen LogP contribution in [0, 0.1) is 0 Å². The third kappa shape index (κ3) is 4.08. The first kappa shape index (κ1) is 14.6. The molecule has 0 aromatic heterocycles. The van der Waals surface area contributed by atoms with Crippen molar-refractivity contribution in [3.8, 4) is 0 Å². The zero-order chi connectivity index (χ0) is 14.0. The van der Waals surface area contributed by atoms with Gasteiger partial charge in [-0.2, -0.15) is 0 Å². The van der Waals surface area contributed by atoms with Crippen molar-refractivity contribution in [2.45, 2.75) is 57.7 Å². The van der Waals surface area contributed by atoms with E-state index in [9.17, 15) is 4.79 Å². The van der Waals surface area contributed by atoms with Gasteiger partial charge >= 0.3 is 6.09 Å². The highest BCUT2D eigenvalue weighted by Gasteiger charge is 2.31. The molecule has 5 heteroatoms. The highest BCUT2D eigenvalue weighted by Crippen LogP contribution is 2.22. The first-order valence-corrected chi connectivity index (χ1v) is 7.33. The lowest BCUT2D eigenvalue weighted by molar-refractivity contribution is 0.0257. The van der Waals surface area contributed by atoms with Gasteiger partial charge in [0.15, 0.2) is 0 Å². The lowest BCUT2D eigenvalue weighted by atomic mass is 9.97. The molecule has 2 fully saturated rings. The molecule has 5 nitrogen and oxygen atoms in total. The maximum Gasteiger partial charge on any atom is 0.410 e. The molecular formula is C14H27N3O2. The summed E-state index contributed by atoms with van der Waals surface area (Å²) in [6.07, 6.45) is 3.11. The standard InChI is InChI=1S/C14H27N3O2/c1-14(2,3)19-13(18)16-7-6-12-5-4-11(15)10-17(12)9-8-16/h11-12H,4-10,15H2,1-3H3. The summed E-state index contributed by atoms with van der Waals surface area (Å²) in [5.41, 5.74) is 5.61. The molecule has 2 saturated heterocycles. The van der Waals surface area contributed by atoms with E-state index in [1.165, 1.54) is 0 Å². The average molecular weight is 269 g/mol. The molecule has 2 rings (SSSR count). The van der Waals surface area contributed by atoms with Crippen LogP contribution in [-0.4, -0.2) is 59.8 Å². The number of carbonyl (C=O) groups excluding carboxylic acids is 1. The van der Waals surface area contributed by atoms with Gasteiger partial charge in [0.2, 0.25) is 0 Å². The van der Waals surface area contributed by atoms with Crippen LogP contribution in [0.2, 0.25) is 0 Å². The van der Waals surface area contributed by atoms with Gasteiger partial charge in [0.25, 0.3) is 0 Å². The fourth-order valence-corrected chi connectivity index (χ4v) is 2.91. The number of ether oxygens (including phenoxy) is 1. The predicted octanol–water partition coefficient (Wildman–Crippen LogP) is 1.42. The molecule has 19 heavy (non-hydrogen) atoms. The zero-order valence-electron chi connectivity index (χ0n) is 12.4. The molecule has 0 aromatic carbocycles. The first-order chi connectivity index (χ1) is 8.85. The predicted molar refractivity (Wildman–Crippen MR) is 75.0 cm³/mol. The number of amides is 1. The Hall–Kier alpha value is -0.810. The minimum atomic E-state index is -0.418. The van der Waals surface area contributed by atoms with Crippen molar-refractivity contribution in [2.24, 2.45) is 5.73 Å². The number of fused-ring (bicyclic) bond motifs is 1. The third-order valence-corrected chi connectivity index (χ3v) is 3.90. The second-order valence-electron chi connectivity index (χ2n) is 6.74. The summed E-state index contributed by atoms with van der Waals surface area (Å²) in [6.45, 7) is 9.15. The Morgan fingerprint density at radius 1 is 1.16 bits per heavy atom. The molecule has 0 radical (unpaired) electrons. The lowest BCUT2D eigenvalue weighted by Gasteiger charge is -2.36. The number of nitrogens with two attached hydrogens (primary N) is 1. The van der Waals surface area contributed by atoms with Crippen molar-refractivity contribution in [1.29, 1.82) is 0 Å². The summed E-state index contributed by atoms with van der Waals surface area (Å²) in [5, 5.41) is 0. The quantitative estimate of drug-likeness (QED) is 0.722. The van der Waals surface area contributed by atoms with Gasteiger partial charge in [-0.3, -0.25) is 4.90 Å². The molecule has 0 spiro atoms. The van der Waals surface area contributed by atoms with Crippen molar-refractivity contribution in [3.05, 3.63) is 0 Å². The Morgan fingerprint density at radius 2 is 1.89 bits per heavy atom. The minimum absolute atomic E-state index is 0.184. The third-order valence-electron chi connectivity index (χ3n) is 3.90. The van der Waals surface area contributed by atoms with E-state index in [0.29, 0.717) is 12.1 Å². The molecule has 0 aromatic rings. The van der Waals surface area contributed by atoms with Gasteiger partial charge in [-0.15, -0.1) is 0 Å². The van der Waals surface area contributed by atoms with Crippen LogP contribution in [0.15, 0.2) is 0 Å². The largest absolute Gasteiger partial charge is 0.444 e. The zero-order valence-corrected chi connectivity index (χ0v) is 12.4. The smallest absolute Gasteiger partial charge is 0.410 e. The molecular weight excluding hydrogens is 242 g/mol. The molecule has 1 amide bonds. The normalized spacial score (nSPS) is 29.6. The molecule has 110 valence electrons. The van der Waals surface area contributed by atoms with Crippen LogP contribution >= 0.6 is 0 Å². The number of nitrogens with zero attached hydrogens (tertiary/aromatic N) is 2. The van der Waals surface area contributed by atoms with E-state index < -0.39 is 5.60 Å². The molecule has 0 saturated carbocycles. The first-order valence-electron chi connectivity index (χ1n) is 7.33. The Bertz CT molecular complexity index is 327. The summed E-state index contributed by atoms with van der Waals surface area (Å²) in [6, 6.07) is 0.886. The fraction of sp³-hybridized carbons (Fsp3) is 0.929. The monoisotopic (exact) mass is 269 g/mol. The van der Waals surface area contributed by atoms with E-state index in [-0.39, 0.29) is 6.09 Å². The second kappa shape index (κ2) is 5.67. The van der Waals surface area contributed by atoms with Crippen LogP contribution < -0.4 is 5.73 Å².